The Bertz CT molecular complexity index is 646. The van der Waals surface area contributed by atoms with Crippen LogP contribution in [0.25, 0.3) is 5.65 Å². The SMILES string of the molecule is CC1CCN(C(=O)c2cn3ccccc3n2)C1C(=O)O. The van der Waals surface area contributed by atoms with Gasteiger partial charge >= 0.3 is 5.97 Å². The number of aromatic nitrogens is 2. The molecule has 0 aliphatic carbocycles. The van der Waals surface area contributed by atoms with Crippen LogP contribution in [0.15, 0.2) is 30.6 Å². The summed E-state index contributed by atoms with van der Waals surface area (Å²) >= 11 is 0. The van der Waals surface area contributed by atoms with E-state index >= 15 is 0 Å². The second-order valence-corrected chi connectivity index (χ2v) is 5.14. The van der Waals surface area contributed by atoms with E-state index in [1.54, 1.807) is 22.9 Å². The van der Waals surface area contributed by atoms with Gasteiger partial charge in [-0.1, -0.05) is 13.0 Å². The molecule has 1 N–H and O–H groups in total. The van der Waals surface area contributed by atoms with Crippen LogP contribution in [0.1, 0.15) is 23.8 Å². The van der Waals surface area contributed by atoms with Gasteiger partial charge in [0.05, 0.1) is 0 Å². The second-order valence-electron chi connectivity index (χ2n) is 5.14. The van der Waals surface area contributed by atoms with Crippen molar-refractivity contribution in [3.63, 3.8) is 0 Å². The van der Waals surface area contributed by atoms with E-state index in [1.807, 2.05) is 19.1 Å². The van der Waals surface area contributed by atoms with Crippen molar-refractivity contribution < 1.29 is 14.7 Å². The highest BCUT2D eigenvalue weighted by Crippen LogP contribution is 2.25. The van der Waals surface area contributed by atoms with Gasteiger partial charge in [-0.05, 0) is 24.5 Å². The number of aliphatic carboxylic acids is 1. The third kappa shape index (κ3) is 1.93. The summed E-state index contributed by atoms with van der Waals surface area (Å²) in [5, 5.41) is 9.27. The Morgan fingerprint density at radius 2 is 2.20 bits per heavy atom. The van der Waals surface area contributed by atoms with E-state index in [0.29, 0.717) is 18.6 Å². The van der Waals surface area contributed by atoms with Gasteiger partial charge in [0.15, 0.2) is 0 Å². The topological polar surface area (TPSA) is 74.9 Å². The molecule has 0 bridgehead atoms. The third-order valence-corrected chi connectivity index (χ3v) is 3.80. The van der Waals surface area contributed by atoms with E-state index in [-0.39, 0.29) is 17.5 Å². The summed E-state index contributed by atoms with van der Waals surface area (Å²) in [5.74, 6) is -1.30. The fourth-order valence-corrected chi connectivity index (χ4v) is 2.74. The predicted octanol–water partition coefficient (Wildman–Crippen LogP) is 1.27. The summed E-state index contributed by atoms with van der Waals surface area (Å²) in [4.78, 5) is 29.4. The Morgan fingerprint density at radius 1 is 1.40 bits per heavy atom. The molecule has 1 aliphatic heterocycles. The number of hydrogen-bond acceptors (Lipinski definition) is 3. The number of fused-ring (bicyclic) bond motifs is 1. The van der Waals surface area contributed by atoms with Crippen LogP contribution >= 0.6 is 0 Å². The van der Waals surface area contributed by atoms with Crippen molar-refractivity contribution in [3.8, 4) is 0 Å². The summed E-state index contributed by atoms with van der Waals surface area (Å²) in [6.07, 6.45) is 4.15. The number of likely N-dealkylation sites (tertiary alicyclic amines) is 1. The van der Waals surface area contributed by atoms with Crippen LogP contribution in [0, 0.1) is 5.92 Å². The number of pyridine rings is 1. The fraction of sp³-hybridized carbons (Fsp3) is 0.357. The lowest BCUT2D eigenvalue weighted by atomic mass is 10.0. The number of nitrogens with zero attached hydrogens (tertiary/aromatic N) is 3. The van der Waals surface area contributed by atoms with Crippen LogP contribution in [0.3, 0.4) is 0 Å². The average Bonchev–Trinajstić information content (AvgIpc) is 3.00. The van der Waals surface area contributed by atoms with Crippen LogP contribution in [0.2, 0.25) is 0 Å². The third-order valence-electron chi connectivity index (χ3n) is 3.80. The molecule has 104 valence electrons. The first-order chi connectivity index (χ1) is 9.58. The molecular formula is C14H15N3O3. The molecule has 2 aromatic heterocycles. The molecule has 1 fully saturated rings. The van der Waals surface area contributed by atoms with Gasteiger partial charge in [0.1, 0.15) is 17.4 Å². The monoisotopic (exact) mass is 273 g/mol. The summed E-state index contributed by atoms with van der Waals surface area (Å²) in [7, 11) is 0. The number of imidazole rings is 1. The molecule has 2 aromatic rings. The van der Waals surface area contributed by atoms with E-state index in [2.05, 4.69) is 4.98 Å². The Balaban J connectivity index is 1.93. The zero-order valence-electron chi connectivity index (χ0n) is 11.1. The van der Waals surface area contributed by atoms with Gasteiger partial charge in [0.2, 0.25) is 0 Å². The molecule has 1 aliphatic rings. The highest BCUT2D eigenvalue weighted by Gasteiger charge is 2.40. The molecule has 0 radical (unpaired) electrons. The Morgan fingerprint density at radius 3 is 2.90 bits per heavy atom. The molecule has 1 saturated heterocycles. The summed E-state index contributed by atoms with van der Waals surface area (Å²) in [6, 6.07) is 4.74. The highest BCUT2D eigenvalue weighted by atomic mass is 16.4. The van der Waals surface area contributed by atoms with E-state index < -0.39 is 12.0 Å². The molecule has 0 saturated carbocycles. The van der Waals surface area contributed by atoms with E-state index in [1.165, 1.54) is 4.90 Å². The average molecular weight is 273 g/mol. The minimum absolute atomic E-state index is 0.0338. The first-order valence-corrected chi connectivity index (χ1v) is 6.55. The minimum atomic E-state index is -0.952. The number of carbonyl (C=O) groups excluding carboxylic acids is 1. The van der Waals surface area contributed by atoms with Gasteiger partial charge in [-0.25, -0.2) is 9.78 Å². The predicted molar refractivity (Wildman–Crippen MR) is 71.4 cm³/mol. The van der Waals surface area contributed by atoms with Crippen LogP contribution in [0.4, 0.5) is 0 Å². The Labute approximate surface area is 115 Å². The van der Waals surface area contributed by atoms with Gasteiger partial charge in [0.25, 0.3) is 5.91 Å². The number of hydrogen-bond donors (Lipinski definition) is 1. The molecule has 2 atom stereocenters. The van der Waals surface area contributed by atoms with Gasteiger partial charge in [-0.15, -0.1) is 0 Å². The zero-order valence-corrected chi connectivity index (χ0v) is 11.1. The van der Waals surface area contributed by atoms with Crippen molar-refractivity contribution in [1.29, 1.82) is 0 Å². The maximum atomic E-state index is 12.5. The summed E-state index contributed by atoms with van der Waals surface area (Å²) in [6.45, 7) is 2.32. The summed E-state index contributed by atoms with van der Waals surface area (Å²) < 4.78 is 1.75. The van der Waals surface area contributed by atoms with Crippen molar-refractivity contribution in [2.75, 3.05) is 6.54 Å². The van der Waals surface area contributed by atoms with Crippen LogP contribution in [0.5, 0.6) is 0 Å². The van der Waals surface area contributed by atoms with E-state index in [4.69, 9.17) is 0 Å². The number of amides is 1. The van der Waals surface area contributed by atoms with Gasteiger partial charge in [0, 0.05) is 18.9 Å². The normalized spacial score (nSPS) is 22.4. The molecule has 3 rings (SSSR count). The fourth-order valence-electron chi connectivity index (χ4n) is 2.74. The maximum absolute atomic E-state index is 12.5. The second kappa shape index (κ2) is 4.63. The number of carboxylic acids is 1. The first-order valence-electron chi connectivity index (χ1n) is 6.55. The van der Waals surface area contributed by atoms with Crippen molar-refractivity contribution in [1.82, 2.24) is 14.3 Å². The zero-order chi connectivity index (χ0) is 14.3. The smallest absolute Gasteiger partial charge is 0.326 e. The van der Waals surface area contributed by atoms with Crippen molar-refractivity contribution in [3.05, 3.63) is 36.3 Å². The number of carbonyl (C=O) groups is 2. The van der Waals surface area contributed by atoms with Crippen LogP contribution in [-0.4, -0.2) is 43.9 Å². The maximum Gasteiger partial charge on any atom is 0.326 e. The van der Waals surface area contributed by atoms with Crippen molar-refractivity contribution >= 4 is 17.5 Å². The number of carboxylic acid groups (broad SMARTS) is 1. The van der Waals surface area contributed by atoms with Gasteiger partial charge < -0.3 is 14.4 Å². The Kier molecular flexibility index (Phi) is 2.93. The molecule has 1 amide bonds. The summed E-state index contributed by atoms with van der Waals surface area (Å²) in [5.41, 5.74) is 0.964. The molecular weight excluding hydrogens is 258 g/mol. The number of rotatable bonds is 2. The molecule has 6 heteroatoms. The Hall–Kier alpha value is -2.37. The van der Waals surface area contributed by atoms with Crippen molar-refractivity contribution in [2.24, 2.45) is 5.92 Å². The molecule has 0 aromatic carbocycles. The lowest BCUT2D eigenvalue weighted by Crippen LogP contribution is -2.42. The van der Waals surface area contributed by atoms with Gasteiger partial charge in [-0.3, -0.25) is 4.79 Å². The standard InChI is InChI=1S/C14H15N3O3/c1-9-5-7-17(12(9)14(19)20)13(18)10-8-16-6-3-2-4-11(16)15-10/h2-4,6,8-9,12H,5,7H2,1H3,(H,19,20). The molecule has 2 unspecified atom stereocenters. The van der Waals surface area contributed by atoms with Crippen LogP contribution < -0.4 is 0 Å². The van der Waals surface area contributed by atoms with E-state index in [0.717, 1.165) is 0 Å². The minimum Gasteiger partial charge on any atom is -0.480 e. The highest BCUT2D eigenvalue weighted by molar-refractivity contribution is 5.96. The molecule has 20 heavy (non-hydrogen) atoms. The van der Waals surface area contributed by atoms with Crippen molar-refractivity contribution in [2.45, 2.75) is 19.4 Å². The lowest BCUT2D eigenvalue weighted by Gasteiger charge is -2.22. The molecule has 6 nitrogen and oxygen atoms in total. The van der Waals surface area contributed by atoms with E-state index in [9.17, 15) is 14.7 Å². The van der Waals surface area contributed by atoms with Gasteiger partial charge in [-0.2, -0.15) is 0 Å². The lowest BCUT2D eigenvalue weighted by molar-refractivity contribution is -0.142. The quantitative estimate of drug-likeness (QED) is 0.894. The molecule has 0 spiro atoms. The van der Waals surface area contributed by atoms with Crippen LogP contribution in [-0.2, 0) is 4.79 Å². The first kappa shape index (κ1) is 12.7. The molecule has 3 heterocycles. The largest absolute Gasteiger partial charge is 0.480 e.